The van der Waals surface area contributed by atoms with Gasteiger partial charge in [-0.15, -0.1) is 0 Å². The highest BCUT2D eigenvalue weighted by Gasteiger charge is 2.32. The number of aromatic nitrogens is 2. The van der Waals surface area contributed by atoms with E-state index in [2.05, 4.69) is 10.2 Å². The predicted octanol–water partition coefficient (Wildman–Crippen LogP) is 4.03. The van der Waals surface area contributed by atoms with Crippen LogP contribution in [-0.2, 0) is 10.0 Å². The van der Waals surface area contributed by atoms with Gasteiger partial charge < -0.3 is 4.42 Å². The first-order valence-corrected chi connectivity index (χ1v) is 10.3. The minimum atomic E-state index is -3.75. The molecule has 1 fully saturated rings. The van der Waals surface area contributed by atoms with E-state index < -0.39 is 15.8 Å². The van der Waals surface area contributed by atoms with Crippen LogP contribution >= 0.6 is 11.6 Å². The number of nitrogens with zero attached hydrogens (tertiary/aromatic N) is 2. The standard InChI is InChI=1S/C18H17ClFN3O3S/c19-14-10-13(20)3-4-18(14)27(24,25)23-7-5-12(6-8-23)15-11-16(22-21-15)17-2-1-9-26-17/h1-4,9-12H,5-8H2,(H,21,22). The first kappa shape index (κ1) is 18.2. The van der Waals surface area contributed by atoms with E-state index in [1.165, 1.54) is 10.4 Å². The molecule has 0 amide bonds. The molecule has 0 bridgehead atoms. The highest BCUT2D eigenvalue weighted by Crippen LogP contribution is 2.33. The fourth-order valence-corrected chi connectivity index (χ4v) is 5.30. The molecule has 0 radical (unpaired) electrons. The van der Waals surface area contributed by atoms with E-state index in [0.717, 1.165) is 23.5 Å². The molecule has 3 aromatic rings. The van der Waals surface area contributed by atoms with Crippen LogP contribution < -0.4 is 0 Å². The van der Waals surface area contributed by atoms with Crippen molar-refractivity contribution in [2.24, 2.45) is 0 Å². The third-order valence-electron chi connectivity index (χ3n) is 4.78. The van der Waals surface area contributed by atoms with E-state index in [1.807, 2.05) is 12.1 Å². The van der Waals surface area contributed by atoms with E-state index in [4.69, 9.17) is 16.0 Å². The second-order valence-corrected chi connectivity index (χ2v) is 8.75. The average molecular weight is 410 g/mol. The molecule has 0 atom stereocenters. The molecule has 9 heteroatoms. The zero-order valence-corrected chi connectivity index (χ0v) is 15.8. The Morgan fingerprint density at radius 2 is 2.00 bits per heavy atom. The van der Waals surface area contributed by atoms with Gasteiger partial charge in [0.1, 0.15) is 16.4 Å². The Kier molecular flexibility index (Phi) is 4.79. The van der Waals surface area contributed by atoms with Gasteiger partial charge in [-0.05, 0) is 49.2 Å². The summed E-state index contributed by atoms with van der Waals surface area (Å²) >= 11 is 5.94. The first-order valence-electron chi connectivity index (χ1n) is 8.49. The molecule has 0 saturated carbocycles. The summed E-state index contributed by atoms with van der Waals surface area (Å²) in [6, 6.07) is 8.90. The number of H-pyrrole nitrogens is 1. The smallest absolute Gasteiger partial charge is 0.244 e. The van der Waals surface area contributed by atoms with Crippen LogP contribution in [0.3, 0.4) is 0 Å². The minimum Gasteiger partial charge on any atom is -0.463 e. The number of aromatic amines is 1. The maximum absolute atomic E-state index is 13.2. The minimum absolute atomic E-state index is 0.0642. The predicted molar refractivity (Wildman–Crippen MR) is 98.4 cm³/mol. The van der Waals surface area contributed by atoms with E-state index >= 15 is 0 Å². The Balaban J connectivity index is 1.47. The summed E-state index contributed by atoms with van der Waals surface area (Å²) in [4.78, 5) is -0.0642. The monoisotopic (exact) mass is 409 g/mol. The average Bonchev–Trinajstić information content (AvgIpc) is 3.33. The zero-order valence-electron chi connectivity index (χ0n) is 14.2. The molecule has 0 aliphatic carbocycles. The second-order valence-electron chi connectivity index (χ2n) is 6.44. The lowest BCUT2D eigenvalue weighted by Crippen LogP contribution is -2.38. The summed E-state index contributed by atoms with van der Waals surface area (Å²) in [5.74, 6) is 0.295. The highest BCUT2D eigenvalue weighted by atomic mass is 35.5. The SMILES string of the molecule is O=S(=O)(c1ccc(F)cc1Cl)N1CCC(c2cc(-c3ccco3)n[nH]2)CC1. The van der Waals surface area contributed by atoms with Crippen molar-refractivity contribution in [1.29, 1.82) is 0 Å². The van der Waals surface area contributed by atoms with Crippen molar-refractivity contribution < 1.29 is 17.2 Å². The topological polar surface area (TPSA) is 79.2 Å². The van der Waals surface area contributed by atoms with Crippen LogP contribution in [0.5, 0.6) is 0 Å². The van der Waals surface area contributed by atoms with Crippen LogP contribution in [0.1, 0.15) is 24.5 Å². The lowest BCUT2D eigenvalue weighted by molar-refractivity contribution is 0.316. The number of hydrogen-bond acceptors (Lipinski definition) is 4. The summed E-state index contributed by atoms with van der Waals surface area (Å²) in [6.07, 6.45) is 2.89. The maximum atomic E-state index is 13.2. The quantitative estimate of drug-likeness (QED) is 0.705. The van der Waals surface area contributed by atoms with Crippen molar-refractivity contribution in [2.45, 2.75) is 23.7 Å². The first-order chi connectivity index (χ1) is 12.9. The van der Waals surface area contributed by atoms with Gasteiger partial charge in [0.2, 0.25) is 10.0 Å². The van der Waals surface area contributed by atoms with E-state index in [-0.39, 0.29) is 15.8 Å². The van der Waals surface area contributed by atoms with E-state index in [0.29, 0.717) is 31.7 Å². The summed E-state index contributed by atoms with van der Waals surface area (Å²) in [6.45, 7) is 0.714. The molecule has 1 aliphatic rings. The maximum Gasteiger partial charge on any atom is 0.244 e. The fourth-order valence-electron chi connectivity index (χ4n) is 3.33. The van der Waals surface area contributed by atoms with Crippen LogP contribution in [0.4, 0.5) is 4.39 Å². The van der Waals surface area contributed by atoms with Gasteiger partial charge in [-0.25, -0.2) is 12.8 Å². The Morgan fingerprint density at radius 3 is 2.67 bits per heavy atom. The molecular formula is C18H17ClFN3O3S. The molecule has 1 saturated heterocycles. The second kappa shape index (κ2) is 7.10. The fraction of sp³-hybridized carbons (Fsp3) is 0.278. The lowest BCUT2D eigenvalue weighted by Gasteiger charge is -2.30. The molecular weight excluding hydrogens is 393 g/mol. The molecule has 3 heterocycles. The zero-order chi connectivity index (χ0) is 19.0. The van der Waals surface area contributed by atoms with E-state index in [1.54, 1.807) is 12.3 Å². The van der Waals surface area contributed by atoms with Crippen molar-refractivity contribution in [3.63, 3.8) is 0 Å². The summed E-state index contributed by atoms with van der Waals surface area (Å²) in [7, 11) is -3.75. The molecule has 0 spiro atoms. The van der Waals surface area contributed by atoms with Crippen LogP contribution in [0.15, 0.2) is 52.0 Å². The number of furan rings is 1. The number of nitrogens with one attached hydrogen (secondary N) is 1. The third kappa shape index (κ3) is 3.52. The molecule has 1 aliphatic heterocycles. The number of piperidine rings is 1. The van der Waals surface area contributed by atoms with Crippen molar-refractivity contribution in [1.82, 2.24) is 14.5 Å². The lowest BCUT2D eigenvalue weighted by atomic mass is 9.94. The van der Waals surface area contributed by atoms with Crippen LogP contribution in [0, 0.1) is 5.82 Å². The number of benzene rings is 1. The van der Waals surface area contributed by atoms with Gasteiger partial charge in [0.25, 0.3) is 0 Å². The Bertz CT molecular complexity index is 1040. The number of rotatable bonds is 4. The van der Waals surface area contributed by atoms with Crippen molar-refractivity contribution in [2.75, 3.05) is 13.1 Å². The third-order valence-corrected chi connectivity index (χ3v) is 7.16. The number of halogens is 2. The van der Waals surface area contributed by atoms with Gasteiger partial charge >= 0.3 is 0 Å². The van der Waals surface area contributed by atoms with Gasteiger partial charge in [-0.1, -0.05) is 11.6 Å². The molecule has 4 rings (SSSR count). The van der Waals surface area contributed by atoms with Gasteiger partial charge in [0, 0.05) is 24.7 Å². The molecule has 142 valence electrons. The molecule has 1 aromatic carbocycles. The Labute approximate surface area is 161 Å². The number of hydrogen-bond donors (Lipinski definition) is 1. The van der Waals surface area contributed by atoms with Crippen molar-refractivity contribution >= 4 is 21.6 Å². The van der Waals surface area contributed by atoms with Crippen LogP contribution in [-0.4, -0.2) is 36.0 Å². The normalized spacial score (nSPS) is 16.7. The van der Waals surface area contributed by atoms with Gasteiger partial charge in [0.05, 0.1) is 11.3 Å². The Morgan fingerprint density at radius 1 is 1.22 bits per heavy atom. The molecule has 2 aromatic heterocycles. The molecule has 27 heavy (non-hydrogen) atoms. The van der Waals surface area contributed by atoms with Crippen molar-refractivity contribution in [3.05, 3.63) is 59.2 Å². The molecule has 0 unspecified atom stereocenters. The summed E-state index contributed by atoms with van der Waals surface area (Å²) in [5, 5.41) is 7.19. The number of sulfonamides is 1. The van der Waals surface area contributed by atoms with E-state index in [9.17, 15) is 12.8 Å². The van der Waals surface area contributed by atoms with Crippen LogP contribution in [0.25, 0.3) is 11.5 Å². The van der Waals surface area contributed by atoms with Crippen LogP contribution in [0.2, 0.25) is 5.02 Å². The summed E-state index contributed by atoms with van der Waals surface area (Å²) in [5.41, 5.74) is 1.68. The molecule has 6 nitrogen and oxygen atoms in total. The van der Waals surface area contributed by atoms with Gasteiger partial charge in [0.15, 0.2) is 5.76 Å². The summed E-state index contributed by atoms with van der Waals surface area (Å²) < 4.78 is 45.6. The Hall–Kier alpha value is -2.16. The molecule has 1 N–H and O–H groups in total. The van der Waals surface area contributed by atoms with Gasteiger partial charge in [-0.3, -0.25) is 5.10 Å². The van der Waals surface area contributed by atoms with Gasteiger partial charge in [-0.2, -0.15) is 9.40 Å². The largest absolute Gasteiger partial charge is 0.463 e. The van der Waals surface area contributed by atoms with Crippen molar-refractivity contribution in [3.8, 4) is 11.5 Å². The highest BCUT2D eigenvalue weighted by molar-refractivity contribution is 7.89.